The van der Waals surface area contributed by atoms with E-state index in [2.05, 4.69) is 10.6 Å². The maximum absolute atomic E-state index is 14.4. The third-order valence-corrected chi connectivity index (χ3v) is 6.19. The number of amides is 3. The second-order valence-corrected chi connectivity index (χ2v) is 13.2. The number of hydrogen-bond acceptors (Lipinski definition) is 4. The number of benzene rings is 1. The normalized spacial score (nSPS) is 14.1. The molecule has 0 spiro atoms. The van der Waals surface area contributed by atoms with Crippen molar-refractivity contribution in [1.82, 2.24) is 15.5 Å². The molecule has 0 fully saturated rings. The monoisotopic (exact) mass is 517 g/mol. The number of ether oxygens (including phenoxy) is 1. The minimum Gasteiger partial charge on any atom is -0.444 e. The Hall–Kier alpha value is -2.57. The quantitative estimate of drug-likeness (QED) is 0.407. The van der Waals surface area contributed by atoms with Gasteiger partial charge in [-0.1, -0.05) is 44.5 Å². The lowest BCUT2D eigenvalue weighted by molar-refractivity contribution is -0.150. The number of rotatable bonds is 9. The van der Waals surface area contributed by atoms with Gasteiger partial charge in [0.15, 0.2) is 0 Å². The molecular formula is C30H51N3O4. The molecule has 1 aromatic rings. The summed E-state index contributed by atoms with van der Waals surface area (Å²) in [5.74, 6) is -0.434. The van der Waals surface area contributed by atoms with Crippen molar-refractivity contribution < 1.29 is 19.1 Å². The Labute approximate surface area is 225 Å². The van der Waals surface area contributed by atoms with Gasteiger partial charge in [-0.3, -0.25) is 9.59 Å². The van der Waals surface area contributed by atoms with Gasteiger partial charge in [-0.05, 0) is 99.1 Å². The average molecular weight is 518 g/mol. The molecule has 2 atom stereocenters. The molecule has 0 aromatic heterocycles. The number of carbonyl (C=O) groups excluding carboxylic acids is 3. The van der Waals surface area contributed by atoms with E-state index in [1.54, 1.807) is 25.7 Å². The van der Waals surface area contributed by atoms with Gasteiger partial charge in [0, 0.05) is 11.1 Å². The number of hydrogen-bond donors (Lipinski definition) is 2. The number of nitrogens with one attached hydrogen (secondary N) is 2. The molecule has 2 unspecified atom stereocenters. The van der Waals surface area contributed by atoms with E-state index < -0.39 is 34.9 Å². The van der Waals surface area contributed by atoms with Crippen LogP contribution in [0.4, 0.5) is 4.79 Å². The summed E-state index contributed by atoms with van der Waals surface area (Å²) in [7, 11) is 0. The fourth-order valence-corrected chi connectivity index (χ4v) is 4.15. The summed E-state index contributed by atoms with van der Waals surface area (Å²) in [6, 6.07) is 4.23. The van der Waals surface area contributed by atoms with Gasteiger partial charge in [0.1, 0.15) is 17.7 Å². The van der Waals surface area contributed by atoms with Crippen molar-refractivity contribution in [2.75, 3.05) is 0 Å². The highest BCUT2D eigenvalue weighted by Crippen LogP contribution is 2.35. The highest BCUT2D eigenvalue weighted by Gasteiger charge is 2.44. The highest BCUT2D eigenvalue weighted by atomic mass is 16.6. The van der Waals surface area contributed by atoms with Crippen LogP contribution in [-0.4, -0.2) is 45.5 Å². The van der Waals surface area contributed by atoms with Gasteiger partial charge in [0.25, 0.3) is 0 Å². The summed E-state index contributed by atoms with van der Waals surface area (Å²) in [6.07, 6.45) is 0.376. The van der Waals surface area contributed by atoms with Gasteiger partial charge in [0.05, 0.1) is 0 Å². The van der Waals surface area contributed by atoms with Crippen LogP contribution in [0.2, 0.25) is 0 Å². The fraction of sp³-hybridized carbons (Fsp3) is 0.700. The smallest absolute Gasteiger partial charge is 0.408 e. The lowest BCUT2D eigenvalue weighted by atomic mass is 9.88. The number of alkyl carbamates (subject to hydrolysis) is 1. The largest absolute Gasteiger partial charge is 0.444 e. The Morgan fingerprint density at radius 1 is 0.973 bits per heavy atom. The summed E-state index contributed by atoms with van der Waals surface area (Å²) in [4.78, 5) is 42.9. The molecule has 1 rings (SSSR count). The van der Waals surface area contributed by atoms with E-state index in [0.29, 0.717) is 12.8 Å². The van der Waals surface area contributed by atoms with Crippen molar-refractivity contribution in [2.45, 2.75) is 132 Å². The van der Waals surface area contributed by atoms with Crippen LogP contribution in [0.5, 0.6) is 0 Å². The van der Waals surface area contributed by atoms with E-state index >= 15 is 0 Å². The second-order valence-electron chi connectivity index (χ2n) is 13.2. The predicted molar refractivity (Wildman–Crippen MR) is 150 cm³/mol. The number of carbonyl (C=O) groups is 3. The lowest BCUT2D eigenvalue weighted by Gasteiger charge is -2.45. The number of aryl methyl sites for hydroxylation is 2. The molecular weight excluding hydrogens is 466 g/mol. The molecule has 2 N–H and O–H groups in total. The molecule has 7 heteroatoms. The Morgan fingerprint density at radius 3 is 2.00 bits per heavy atom. The highest BCUT2D eigenvalue weighted by molar-refractivity contribution is 5.93. The molecule has 37 heavy (non-hydrogen) atoms. The van der Waals surface area contributed by atoms with E-state index in [9.17, 15) is 14.4 Å². The zero-order valence-electron chi connectivity index (χ0n) is 25.5. The molecule has 0 aliphatic heterocycles. The van der Waals surface area contributed by atoms with Crippen LogP contribution >= 0.6 is 0 Å². The van der Waals surface area contributed by atoms with Crippen LogP contribution in [0.3, 0.4) is 0 Å². The average Bonchev–Trinajstić information content (AvgIpc) is 2.69. The zero-order valence-corrected chi connectivity index (χ0v) is 25.5. The van der Waals surface area contributed by atoms with Crippen LogP contribution in [0.25, 0.3) is 0 Å². The topological polar surface area (TPSA) is 87.7 Å². The molecule has 3 amide bonds. The van der Waals surface area contributed by atoms with E-state index in [1.807, 2.05) is 87.4 Å². The third kappa shape index (κ3) is 10.0. The molecule has 0 saturated carbocycles. The summed E-state index contributed by atoms with van der Waals surface area (Å²) in [5, 5.41) is 5.92. The van der Waals surface area contributed by atoms with Gasteiger partial charge < -0.3 is 20.3 Å². The zero-order chi connectivity index (χ0) is 28.9. The first-order valence-corrected chi connectivity index (χ1v) is 13.4. The van der Waals surface area contributed by atoms with Crippen molar-refractivity contribution in [3.05, 3.63) is 34.9 Å². The van der Waals surface area contributed by atoms with E-state index in [-0.39, 0.29) is 17.7 Å². The minimum absolute atomic E-state index is 0.123. The summed E-state index contributed by atoms with van der Waals surface area (Å²) in [5.41, 5.74) is 0.817. The molecule has 0 radical (unpaired) electrons. The maximum atomic E-state index is 14.4. The predicted octanol–water partition coefficient (Wildman–Crippen LogP) is 6.22. The Balaban J connectivity index is 3.77. The summed E-state index contributed by atoms with van der Waals surface area (Å²) >= 11 is 0. The molecule has 1 aromatic carbocycles. The lowest BCUT2D eigenvalue weighted by Crippen LogP contribution is -2.60. The van der Waals surface area contributed by atoms with Crippen LogP contribution in [-0.2, 0) is 14.3 Å². The molecule has 0 aliphatic carbocycles. The van der Waals surface area contributed by atoms with Crippen molar-refractivity contribution in [3.8, 4) is 0 Å². The first-order chi connectivity index (χ1) is 16.7. The molecule has 0 bridgehead atoms. The first kappa shape index (κ1) is 32.5. The van der Waals surface area contributed by atoms with Crippen LogP contribution < -0.4 is 10.6 Å². The molecule has 7 nitrogen and oxygen atoms in total. The van der Waals surface area contributed by atoms with Crippen molar-refractivity contribution in [3.63, 3.8) is 0 Å². The maximum Gasteiger partial charge on any atom is 0.408 e. The molecule has 210 valence electrons. The van der Waals surface area contributed by atoms with Gasteiger partial charge in [-0.2, -0.15) is 0 Å². The van der Waals surface area contributed by atoms with Crippen LogP contribution in [0, 0.1) is 19.8 Å². The summed E-state index contributed by atoms with van der Waals surface area (Å²) < 4.78 is 5.48. The van der Waals surface area contributed by atoms with E-state index in [1.165, 1.54) is 0 Å². The van der Waals surface area contributed by atoms with Crippen molar-refractivity contribution in [2.24, 2.45) is 5.92 Å². The SMILES string of the molecule is CCC(C)(C)N(C(=O)C(CC(C)C)NC(=O)OC(C)(C)C)C(C(=O)NC(C)(C)C)c1cc(C)ccc1C. The van der Waals surface area contributed by atoms with Gasteiger partial charge in [0.2, 0.25) is 11.8 Å². The first-order valence-electron chi connectivity index (χ1n) is 13.4. The van der Waals surface area contributed by atoms with Gasteiger partial charge in [-0.25, -0.2) is 4.79 Å². The molecule has 0 heterocycles. The number of nitrogens with zero attached hydrogens (tertiary/aromatic N) is 1. The van der Waals surface area contributed by atoms with Crippen LogP contribution in [0.15, 0.2) is 18.2 Å². The van der Waals surface area contributed by atoms with Crippen LogP contribution in [0.1, 0.15) is 112 Å². The Kier molecular flexibility index (Phi) is 10.8. The standard InChI is InChI=1S/C30H51N3O4/c1-14-30(12,13)33(26(35)23(17-19(2)3)31-27(36)37-29(9,10)11)24(25(34)32-28(6,7)8)22-18-20(4)15-16-21(22)5/h15-16,18-19,23-24H,14,17H2,1-13H3,(H,31,36)(H,32,34). The molecule has 0 aliphatic rings. The second kappa shape index (κ2) is 12.3. The van der Waals surface area contributed by atoms with Crippen molar-refractivity contribution in [1.29, 1.82) is 0 Å². The summed E-state index contributed by atoms with van der Waals surface area (Å²) in [6.45, 7) is 25.0. The third-order valence-electron chi connectivity index (χ3n) is 6.19. The van der Waals surface area contributed by atoms with Crippen molar-refractivity contribution >= 4 is 17.9 Å². The minimum atomic E-state index is -0.878. The Bertz CT molecular complexity index is 955. The van der Waals surface area contributed by atoms with E-state index in [4.69, 9.17) is 4.74 Å². The van der Waals surface area contributed by atoms with Gasteiger partial charge in [-0.15, -0.1) is 0 Å². The Morgan fingerprint density at radius 2 is 1.54 bits per heavy atom. The fourth-order valence-electron chi connectivity index (χ4n) is 4.15. The van der Waals surface area contributed by atoms with Gasteiger partial charge >= 0.3 is 6.09 Å². The van der Waals surface area contributed by atoms with E-state index in [0.717, 1.165) is 16.7 Å². The molecule has 0 saturated heterocycles.